The fourth-order valence-electron chi connectivity index (χ4n) is 0.919. The van der Waals surface area contributed by atoms with Crippen molar-refractivity contribution in [2.24, 2.45) is 0 Å². The molecule has 5 nitrogen and oxygen atoms in total. The Hall–Kier alpha value is -1.70. The Morgan fingerprint density at radius 2 is 2.00 bits per heavy atom. The lowest BCUT2D eigenvalue weighted by Gasteiger charge is -2.10. The number of hydrogen-bond donors (Lipinski definition) is 1. The molecular weight excluding hydrogens is 253 g/mol. The van der Waals surface area contributed by atoms with Crippen LogP contribution in [0.15, 0.2) is 12.1 Å². The molecule has 1 aromatic rings. The normalized spacial score (nSPS) is 11.2. The fraction of sp³-hybridized carbons (Fsp3) is 0.143. The first-order chi connectivity index (χ1) is 7.20. The maximum atomic E-state index is 11.9. The van der Waals surface area contributed by atoms with Crippen molar-refractivity contribution < 1.29 is 22.8 Å². The molecule has 0 aliphatic carbocycles. The monoisotopic (exact) mass is 256 g/mol. The highest BCUT2D eigenvalue weighted by atomic mass is 35.5. The number of nitrogens with two attached hydrogens (primary N) is 1. The van der Waals surface area contributed by atoms with Gasteiger partial charge >= 0.3 is 6.36 Å². The van der Waals surface area contributed by atoms with Gasteiger partial charge in [0.1, 0.15) is 5.69 Å². The first kappa shape index (κ1) is 12.4. The van der Waals surface area contributed by atoms with E-state index in [0.29, 0.717) is 6.07 Å². The van der Waals surface area contributed by atoms with E-state index in [9.17, 15) is 23.3 Å². The minimum absolute atomic E-state index is 0.343. The quantitative estimate of drug-likeness (QED) is 0.501. The van der Waals surface area contributed by atoms with Gasteiger partial charge in [-0.2, -0.15) is 0 Å². The van der Waals surface area contributed by atoms with Crippen molar-refractivity contribution in [1.29, 1.82) is 0 Å². The first-order valence-electron chi connectivity index (χ1n) is 3.70. The van der Waals surface area contributed by atoms with Gasteiger partial charge in [0, 0.05) is 0 Å². The van der Waals surface area contributed by atoms with Crippen LogP contribution in [0, 0.1) is 10.1 Å². The van der Waals surface area contributed by atoms with Crippen molar-refractivity contribution in [3.05, 3.63) is 27.3 Å². The largest absolute Gasteiger partial charge is 0.573 e. The summed E-state index contributed by atoms with van der Waals surface area (Å²) in [5.41, 5.74) is 4.14. The van der Waals surface area contributed by atoms with E-state index < -0.39 is 27.7 Å². The minimum Gasteiger partial charge on any atom is -0.404 e. The first-order valence-corrected chi connectivity index (χ1v) is 4.07. The van der Waals surface area contributed by atoms with Crippen LogP contribution in [0.5, 0.6) is 5.75 Å². The van der Waals surface area contributed by atoms with Crippen molar-refractivity contribution in [3.63, 3.8) is 0 Å². The molecule has 0 aliphatic rings. The second-order valence-electron chi connectivity index (χ2n) is 2.65. The number of nitro groups is 1. The zero-order valence-electron chi connectivity index (χ0n) is 7.42. The van der Waals surface area contributed by atoms with E-state index in [-0.39, 0.29) is 5.69 Å². The number of benzene rings is 1. The molecule has 0 heterocycles. The van der Waals surface area contributed by atoms with Crippen LogP contribution in [-0.4, -0.2) is 11.3 Å². The van der Waals surface area contributed by atoms with Crippen LogP contribution < -0.4 is 10.5 Å². The Balaban J connectivity index is 3.20. The third-order valence-electron chi connectivity index (χ3n) is 1.50. The third-order valence-corrected chi connectivity index (χ3v) is 1.80. The Morgan fingerprint density at radius 3 is 2.44 bits per heavy atom. The molecule has 0 unspecified atom stereocenters. The molecule has 0 amide bonds. The second kappa shape index (κ2) is 4.05. The number of rotatable bonds is 2. The number of nitro benzene ring substituents is 1. The number of anilines is 1. The average molecular weight is 257 g/mol. The van der Waals surface area contributed by atoms with Gasteiger partial charge < -0.3 is 10.5 Å². The summed E-state index contributed by atoms with van der Waals surface area (Å²) in [7, 11) is 0. The average Bonchev–Trinajstić information content (AvgIpc) is 2.07. The number of nitrogens with zero attached hydrogens (tertiary/aromatic N) is 1. The van der Waals surface area contributed by atoms with Crippen LogP contribution in [0.1, 0.15) is 0 Å². The number of alkyl halides is 3. The molecule has 0 saturated carbocycles. The van der Waals surface area contributed by atoms with Gasteiger partial charge in [0.15, 0.2) is 5.75 Å². The van der Waals surface area contributed by atoms with Crippen molar-refractivity contribution >= 4 is 23.0 Å². The van der Waals surface area contributed by atoms with Crippen molar-refractivity contribution in [2.45, 2.75) is 6.36 Å². The van der Waals surface area contributed by atoms with Crippen LogP contribution in [0.25, 0.3) is 0 Å². The van der Waals surface area contributed by atoms with E-state index in [0.717, 1.165) is 6.07 Å². The molecule has 0 saturated heterocycles. The summed E-state index contributed by atoms with van der Waals surface area (Å²) in [5, 5.41) is 9.94. The van der Waals surface area contributed by atoms with Gasteiger partial charge in [-0.25, -0.2) is 0 Å². The lowest BCUT2D eigenvalue weighted by atomic mass is 10.2. The minimum atomic E-state index is -4.98. The molecule has 0 bridgehead atoms. The SMILES string of the molecule is Nc1cc(Cl)c(OC(F)(F)F)cc1[N+](=O)[O-]. The molecular formula is C7H4ClF3N2O3. The van der Waals surface area contributed by atoms with Crippen LogP contribution in [-0.2, 0) is 0 Å². The van der Waals surface area contributed by atoms with Gasteiger partial charge in [-0.1, -0.05) is 11.6 Å². The molecule has 1 aromatic carbocycles. The van der Waals surface area contributed by atoms with E-state index in [1.54, 1.807) is 0 Å². The number of halogens is 4. The standard InChI is InChI=1S/C7H4ClF3N2O3/c8-3-1-4(12)5(13(14)15)2-6(3)16-7(9,10)11/h1-2H,12H2. The molecule has 0 fully saturated rings. The predicted molar refractivity (Wildman–Crippen MR) is 49.2 cm³/mol. The van der Waals surface area contributed by atoms with E-state index >= 15 is 0 Å². The zero-order valence-corrected chi connectivity index (χ0v) is 8.17. The fourth-order valence-corrected chi connectivity index (χ4v) is 1.13. The summed E-state index contributed by atoms with van der Waals surface area (Å²) >= 11 is 5.38. The maximum absolute atomic E-state index is 11.9. The van der Waals surface area contributed by atoms with E-state index in [1.807, 2.05) is 0 Å². The second-order valence-corrected chi connectivity index (χ2v) is 3.05. The Kier molecular flexibility index (Phi) is 3.13. The highest BCUT2D eigenvalue weighted by molar-refractivity contribution is 6.32. The number of hydrogen-bond acceptors (Lipinski definition) is 4. The third kappa shape index (κ3) is 2.89. The van der Waals surface area contributed by atoms with Gasteiger partial charge in [0.05, 0.1) is 16.0 Å². The van der Waals surface area contributed by atoms with Crippen molar-refractivity contribution in [2.75, 3.05) is 5.73 Å². The molecule has 88 valence electrons. The van der Waals surface area contributed by atoms with Gasteiger partial charge in [-0.3, -0.25) is 10.1 Å². The highest BCUT2D eigenvalue weighted by Crippen LogP contribution is 2.36. The molecule has 1 rings (SSSR count). The summed E-state index contributed by atoms with van der Waals surface area (Å²) in [6.45, 7) is 0. The Bertz CT molecular complexity index is 436. The van der Waals surface area contributed by atoms with E-state index in [4.69, 9.17) is 17.3 Å². The van der Waals surface area contributed by atoms with Gasteiger partial charge in [-0.05, 0) is 6.07 Å². The lowest BCUT2D eigenvalue weighted by Crippen LogP contribution is -2.17. The summed E-state index contributed by atoms with van der Waals surface area (Å²) in [5.74, 6) is -0.866. The van der Waals surface area contributed by atoms with Crippen LogP contribution >= 0.6 is 11.6 Å². The summed E-state index contributed by atoms with van der Waals surface area (Å²) < 4.78 is 39.1. The Morgan fingerprint density at radius 1 is 1.44 bits per heavy atom. The van der Waals surface area contributed by atoms with Crippen LogP contribution in [0.4, 0.5) is 24.5 Å². The summed E-state index contributed by atoms with van der Waals surface area (Å²) in [4.78, 5) is 9.46. The number of nitrogen functional groups attached to an aromatic ring is 1. The molecule has 0 aliphatic heterocycles. The van der Waals surface area contributed by atoms with Gasteiger partial charge in [0.25, 0.3) is 5.69 Å². The van der Waals surface area contributed by atoms with E-state index in [2.05, 4.69) is 4.74 Å². The topological polar surface area (TPSA) is 78.4 Å². The van der Waals surface area contributed by atoms with Crippen LogP contribution in [0.2, 0.25) is 5.02 Å². The lowest BCUT2D eigenvalue weighted by molar-refractivity contribution is -0.384. The molecule has 0 atom stereocenters. The molecule has 0 radical (unpaired) electrons. The predicted octanol–water partition coefficient (Wildman–Crippen LogP) is 2.73. The van der Waals surface area contributed by atoms with Gasteiger partial charge in [0.2, 0.25) is 0 Å². The smallest absolute Gasteiger partial charge is 0.404 e. The summed E-state index contributed by atoms with van der Waals surface area (Å²) in [6.07, 6.45) is -4.98. The molecule has 16 heavy (non-hydrogen) atoms. The number of ether oxygens (including phenoxy) is 1. The Labute approximate surface area is 91.7 Å². The van der Waals surface area contributed by atoms with Crippen LogP contribution in [0.3, 0.4) is 0 Å². The van der Waals surface area contributed by atoms with Crippen molar-refractivity contribution in [1.82, 2.24) is 0 Å². The molecule has 0 aromatic heterocycles. The zero-order chi connectivity index (χ0) is 12.5. The van der Waals surface area contributed by atoms with Crippen molar-refractivity contribution in [3.8, 4) is 5.75 Å². The van der Waals surface area contributed by atoms with Gasteiger partial charge in [-0.15, -0.1) is 13.2 Å². The van der Waals surface area contributed by atoms with E-state index in [1.165, 1.54) is 0 Å². The summed E-state index contributed by atoms with van der Waals surface area (Å²) in [6, 6.07) is 1.34. The molecule has 9 heteroatoms. The maximum Gasteiger partial charge on any atom is 0.573 e. The molecule has 0 spiro atoms. The molecule has 2 N–H and O–H groups in total. The highest BCUT2D eigenvalue weighted by Gasteiger charge is 2.33.